The van der Waals surface area contributed by atoms with Gasteiger partial charge in [0.25, 0.3) is 0 Å². The Morgan fingerprint density at radius 2 is 2.21 bits per heavy atom. The quantitative estimate of drug-likeness (QED) is 0.814. The summed E-state index contributed by atoms with van der Waals surface area (Å²) < 4.78 is 24.2. The molecule has 0 radical (unpaired) electrons. The first-order valence-electron chi connectivity index (χ1n) is 3.38. The van der Waals surface area contributed by atoms with E-state index in [0.29, 0.717) is 0 Å². The summed E-state index contributed by atoms with van der Waals surface area (Å²) in [7, 11) is -3.65. The van der Waals surface area contributed by atoms with Gasteiger partial charge in [-0.2, -0.15) is 5.26 Å². The van der Waals surface area contributed by atoms with Crippen molar-refractivity contribution in [3.05, 3.63) is 17.5 Å². The summed E-state index contributed by atoms with van der Waals surface area (Å²) in [6, 6.07) is 1.51. The Hall–Kier alpha value is -1.39. The Balaban J connectivity index is 2.80. The minimum Gasteiger partial charge on any atom is -0.265 e. The van der Waals surface area contributed by atoms with Gasteiger partial charge in [0.2, 0.25) is 10.0 Å². The molecule has 1 rings (SSSR count). The molecular formula is C6H5ClN4O2S. The summed E-state index contributed by atoms with van der Waals surface area (Å²) in [6.07, 6.45) is 2.36. The van der Waals surface area contributed by atoms with Crippen LogP contribution < -0.4 is 4.72 Å². The minimum atomic E-state index is -3.65. The van der Waals surface area contributed by atoms with E-state index in [2.05, 4.69) is 14.7 Å². The number of rotatable bonds is 3. The monoisotopic (exact) mass is 232 g/mol. The lowest BCUT2D eigenvalue weighted by Gasteiger charge is -2.02. The number of halogens is 1. The van der Waals surface area contributed by atoms with Gasteiger partial charge in [-0.1, -0.05) is 11.6 Å². The maximum atomic E-state index is 11.1. The molecule has 0 unspecified atom stereocenters. The average molecular weight is 233 g/mol. The third-order valence-corrected chi connectivity index (χ3v) is 2.36. The Kier molecular flexibility index (Phi) is 3.22. The molecule has 14 heavy (non-hydrogen) atoms. The van der Waals surface area contributed by atoms with Crippen LogP contribution in [0.25, 0.3) is 0 Å². The van der Waals surface area contributed by atoms with Gasteiger partial charge >= 0.3 is 0 Å². The van der Waals surface area contributed by atoms with Gasteiger partial charge in [-0.25, -0.2) is 18.4 Å². The first kappa shape index (κ1) is 10.7. The van der Waals surface area contributed by atoms with Gasteiger partial charge in [0.1, 0.15) is 5.15 Å². The lowest BCUT2D eigenvalue weighted by atomic mass is 10.7. The zero-order valence-electron chi connectivity index (χ0n) is 6.81. The number of sulfonamides is 1. The summed E-state index contributed by atoms with van der Waals surface area (Å²) in [4.78, 5) is 7.27. The molecule has 74 valence electrons. The summed E-state index contributed by atoms with van der Waals surface area (Å²) in [5.41, 5.74) is 0. The fourth-order valence-electron chi connectivity index (χ4n) is 0.645. The number of nitrogens with one attached hydrogen (secondary N) is 1. The maximum Gasteiger partial charge on any atom is 0.247 e. The van der Waals surface area contributed by atoms with Gasteiger partial charge in [0.15, 0.2) is 11.6 Å². The zero-order chi connectivity index (χ0) is 10.6. The molecular weight excluding hydrogens is 228 g/mol. The van der Waals surface area contributed by atoms with E-state index in [1.807, 2.05) is 0 Å². The highest BCUT2D eigenvalue weighted by Crippen LogP contribution is 2.06. The van der Waals surface area contributed by atoms with Crippen LogP contribution in [0, 0.1) is 11.3 Å². The van der Waals surface area contributed by atoms with Crippen molar-refractivity contribution in [1.29, 1.82) is 5.26 Å². The third kappa shape index (κ3) is 3.16. The molecule has 0 amide bonds. The molecule has 8 heteroatoms. The van der Waals surface area contributed by atoms with Crippen LogP contribution in [0.2, 0.25) is 5.15 Å². The lowest BCUT2D eigenvalue weighted by Crippen LogP contribution is -2.16. The van der Waals surface area contributed by atoms with Crippen LogP contribution in [0.5, 0.6) is 0 Å². The van der Waals surface area contributed by atoms with Crippen molar-refractivity contribution < 1.29 is 8.42 Å². The molecule has 0 saturated carbocycles. The van der Waals surface area contributed by atoms with Crippen molar-refractivity contribution in [3.8, 4) is 6.07 Å². The molecule has 0 fully saturated rings. The highest BCUT2D eigenvalue weighted by Gasteiger charge is 2.09. The summed E-state index contributed by atoms with van der Waals surface area (Å²) >= 11 is 5.44. The summed E-state index contributed by atoms with van der Waals surface area (Å²) in [5, 5.41) is 8.36. The summed E-state index contributed by atoms with van der Waals surface area (Å²) in [6.45, 7) is 0. The Morgan fingerprint density at radius 1 is 1.50 bits per heavy atom. The van der Waals surface area contributed by atoms with E-state index in [9.17, 15) is 8.42 Å². The molecule has 0 bridgehead atoms. The molecule has 0 atom stereocenters. The lowest BCUT2D eigenvalue weighted by molar-refractivity contribution is 0.604. The van der Waals surface area contributed by atoms with Gasteiger partial charge < -0.3 is 0 Å². The number of nitriles is 1. The van der Waals surface area contributed by atoms with E-state index in [1.54, 1.807) is 0 Å². The van der Waals surface area contributed by atoms with Crippen molar-refractivity contribution in [3.63, 3.8) is 0 Å². The van der Waals surface area contributed by atoms with Crippen molar-refractivity contribution in [2.45, 2.75) is 0 Å². The van der Waals surface area contributed by atoms with E-state index < -0.39 is 15.8 Å². The molecule has 1 aromatic heterocycles. The Labute approximate surface area is 85.6 Å². The molecule has 1 N–H and O–H groups in total. The van der Waals surface area contributed by atoms with Crippen LogP contribution in [0.15, 0.2) is 12.4 Å². The van der Waals surface area contributed by atoms with Crippen LogP contribution in [0.4, 0.5) is 5.82 Å². The smallest absolute Gasteiger partial charge is 0.247 e. The Bertz CT molecular complexity index is 450. The van der Waals surface area contributed by atoms with Crippen LogP contribution in [0.1, 0.15) is 0 Å². The molecule has 1 heterocycles. The van der Waals surface area contributed by atoms with Crippen molar-refractivity contribution >= 4 is 27.4 Å². The van der Waals surface area contributed by atoms with Gasteiger partial charge in [0, 0.05) is 0 Å². The Morgan fingerprint density at radius 3 is 2.71 bits per heavy atom. The second-order valence-corrected chi connectivity index (χ2v) is 4.35. The standard InChI is InChI=1S/C6H5ClN4O2S/c7-5-3-10-6(4-9-5)11-14(12,13)2-1-8/h3-4H,2H2,(H,10,11). The molecule has 0 aliphatic carbocycles. The summed E-state index contributed by atoms with van der Waals surface area (Å²) in [5.74, 6) is -0.596. The predicted octanol–water partition coefficient (Wildman–Crippen LogP) is 0.395. The first-order valence-corrected chi connectivity index (χ1v) is 5.41. The largest absolute Gasteiger partial charge is 0.265 e. The number of anilines is 1. The molecule has 0 aliphatic rings. The van der Waals surface area contributed by atoms with Crippen LogP contribution in [-0.4, -0.2) is 24.1 Å². The SMILES string of the molecule is N#CCS(=O)(=O)Nc1cnc(Cl)cn1. The fourth-order valence-corrected chi connectivity index (χ4v) is 1.41. The first-order chi connectivity index (χ1) is 6.53. The number of hydrogen-bond acceptors (Lipinski definition) is 5. The molecule has 0 aromatic carbocycles. The predicted molar refractivity (Wildman–Crippen MR) is 50.1 cm³/mol. The van der Waals surface area contributed by atoms with Gasteiger partial charge in [-0.05, 0) is 0 Å². The van der Waals surface area contributed by atoms with Gasteiger partial charge in [-0.3, -0.25) is 4.72 Å². The molecule has 6 nitrogen and oxygen atoms in total. The highest BCUT2D eigenvalue weighted by molar-refractivity contribution is 7.92. The van der Waals surface area contributed by atoms with Crippen LogP contribution in [0.3, 0.4) is 0 Å². The minimum absolute atomic E-state index is 0.0321. The second-order valence-electron chi connectivity index (χ2n) is 2.24. The van der Waals surface area contributed by atoms with Crippen molar-refractivity contribution in [2.24, 2.45) is 0 Å². The fraction of sp³-hybridized carbons (Fsp3) is 0.167. The van der Waals surface area contributed by atoms with Crippen molar-refractivity contribution in [2.75, 3.05) is 10.5 Å². The van der Waals surface area contributed by atoms with Gasteiger partial charge in [-0.15, -0.1) is 0 Å². The maximum absolute atomic E-state index is 11.1. The van der Waals surface area contributed by atoms with Crippen LogP contribution >= 0.6 is 11.6 Å². The number of aromatic nitrogens is 2. The topological polar surface area (TPSA) is 95.7 Å². The van der Waals surface area contributed by atoms with E-state index in [0.717, 1.165) is 6.20 Å². The zero-order valence-corrected chi connectivity index (χ0v) is 8.38. The highest BCUT2D eigenvalue weighted by atomic mass is 35.5. The second kappa shape index (κ2) is 4.21. The van der Waals surface area contributed by atoms with Gasteiger partial charge in [0.05, 0.1) is 18.5 Å². The average Bonchev–Trinajstić information content (AvgIpc) is 2.08. The molecule has 1 aromatic rings. The third-order valence-electron chi connectivity index (χ3n) is 1.13. The van der Waals surface area contributed by atoms with E-state index in [4.69, 9.17) is 16.9 Å². The van der Waals surface area contributed by atoms with Crippen LogP contribution in [-0.2, 0) is 10.0 Å². The number of hydrogen-bond donors (Lipinski definition) is 1. The molecule has 0 spiro atoms. The molecule has 0 aliphatic heterocycles. The van der Waals surface area contributed by atoms with E-state index in [1.165, 1.54) is 12.3 Å². The van der Waals surface area contributed by atoms with Crippen molar-refractivity contribution in [1.82, 2.24) is 9.97 Å². The van der Waals surface area contributed by atoms with E-state index >= 15 is 0 Å². The number of nitrogens with zero attached hydrogens (tertiary/aromatic N) is 3. The normalized spacial score (nSPS) is 10.6. The molecule has 0 saturated heterocycles. The van der Waals surface area contributed by atoms with E-state index in [-0.39, 0.29) is 11.0 Å².